The van der Waals surface area contributed by atoms with Crippen LogP contribution in [-0.4, -0.2) is 32.7 Å². The summed E-state index contributed by atoms with van der Waals surface area (Å²) in [5.74, 6) is -0.376. The molecule has 3 rings (SSSR count). The minimum absolute atomic E-state index is 0.00162. The molecule has 2 amide bonds. The third kappa shape index (κ3) is 5.11. The minimum Gasteiger partial charge on any atom is -0.320 e. The lowest BCUT2D eigenvalue weighted by molar-refractivity contribution is -0.383. The summed E-state index contributed by atoms with van der Waals surface area (Å²) in [6.07, 6.45) is 0. The minimum atomic E-state index is -0.558. The Morgan fingerprint density at radius 1 is 1.07 bits per heavy atom. The number of carbonyl (C=O) groups is 2. The first-order valence-electron chi connectivity index (χ1n) is 7.87. The number of nitrogens with zero attached hydrogens (tertiary/aromatic N) is 3. The van der Waals surface area contributed by atoms with Gasteiger partial charge < -0.3 is 10.6 Å². The summed E-state index contributed by atoms with van der Waals surface area (Å²) < 4.78 is 0. The molecule has 0 aliphatic rings. The van der Waals surface area contributed by atoms with Crippen molar-refractivity contribution >= 4 is 52.1 Å². The normalized spacial score (nSPS) is 10.3. The third-order valence-electron chi connectivity index (χ3n) is 3.35. The first kappa shape index (κ1) is 19.5. The van der Waals surface area contributed by atoms with Crippen LogP contribution < -0.4 is 10.6 Å². The maximum absolute atomic E-state index is 12.0. The molecule has 2 heterocycles. The molecule has 0 radical (unpaired) electrons. The van der Waals surface area contributed by atoms with Gasteiger partial charge in [0.15, 0.2) is 5.82 Å². The summed E-state index contributed by atoms with van der Waals surface area (Å²) in [5.41, 5.74) is -0.0395. The van der Waals surface area contributed by atoms with Crippen molar-refractivity contribution in [2.75, 3.05) is 16.4 Å². The van der Waals surface area contributed by atoms with Crippen molar-refractivity contribution in [1.82, 2.24) is 10.2 Å². The van der Waals surface area contributed by atoms with Gasteiger partial charge in [-0.15, -0.1) is 21.5 Å². The van der Waals surface area contributed by atoms with Gasteiger partial charge in [-0.05, 0) is 29.6 Å². The highest BCUT2D eigenvalue weighted by Crippen LogP contribution is 2.24. The second-order valence-corrected chi connectivity index (χ2v) is 7.24. The maximum Gasteiger partial charge on any atom is 0.292 e. The highest BCUT2D eigenvalue weighted by molar-refractivity contribution is 7.99. The number of rotatable bonds is 7. The first-order valence-corrected chi connectivity index (χ1v) is 9.74. The number of carbonyl (C=O) groups excluding carboxylic acids is 2. The molecule has 9 nitrogen and oxygen atoms in total. The predicted octanol–water partition coefficient (Wildman–Crippen LogP) is 3.43. The maximum atomic E-state index is 12.0. The van der Waals surface area contributed by atoms with Crippen LogP contribution in [0.5, 0.6) is 0 Å². The summed E-state index contributed by atoms with van der Waals surface area (Å²) in [6, 6.07) is 12.6. The topological polar surface area (TPSA) is 127 Å². The standard InChI is InChI=1S/C17H13N5O4S2/c23-15(18-11-4-1-2-5-12(11)22(25)26)10-28-16-8-7-14(20-21-16)19-17(24)13-6-3-9-27-13/h1-9H,10H2,(H,18,23)(H,19,20,24). The van der Waals surface area contributed by atoms with Crippen LogP contribution in [0.2, 0.25) is 0 Å². The number of thiophene rings is 1. The molecule has 0 atom stereocenters. The molecule has 2 aromatic heterocycles. The highest BCUT2D eigenvalue weighted by Gasteiger charge is 2.15. The molecule has 0 bridgehead atoms. The number of nitro benzene ring substituents is 1. The van der Waals surface area contributed by atoms with E-state index in [0.717, 1.165) is 11.8 Å². The Morgan fingerprint density at radius 3 is 2.57 bits per heavy atom. The van der Waals surface area contributed by atoms with Crippen LogP contribution in [0.4, 0.5) is 17.2 Å². The van der Waals surface area contributed by atoms with Crippen LogP contribution in [0.15, 0.2) is 58.9 Å². The smallest absolute Gasteiger partial charge is 0.292 e. The number of amides is 2. The van der Waals surface area contributed by atoms with Gasteiger partial charge in [0.1, 0.15) is 10.7 Å². The zero-order chi connectivity index (χ0) is 19.9. The van der Waals surface area contributed by atoms with Crippen LogP contribution in [0.25, 0.3) is 0 Å². The van der Waals surface area contributed by atoms with Crippen LogP contribution in [0.1, 0.15) is 9.67 Å². The number of benzene rings is 1. The Balaban J connectivity index is 1.53. The number of aromatic nitrogens is 2. The zero-order valence-corrected chi connectivity index (χ0v) is 15.8. The van der Waals surface area contributed by atoms with Crippen molar-refractivity contribution in [2.45, 2.75) is 5.03 Å². The number of nitro groups is 1. The van der Waals surface area contributed by atoms with E-state index in [-0.39, 0.29) is 23.0 Å². The average Bonchev–Trinajstić information content (AvgIpc) is 3.23. The lowest BCUT2D eigenvalue weighted by Crippen LogP contribution is -2.15. The SMILES string of the molecule is O=C(CSc1ccc(NC(=O)c2cccs2)nn1)Nc1ccccc1[N+](=O)[O-]. The molecule has 0 saturated heterocycles. The van der Waals surface area contributed by atoms with Gasteiger partial charge in [-0.1, -0.05) is 30.0 Å². The molecule has 142 valence electrons. The quantitative estimate of drug-likeness (QED) is 0.344. The number of hydrogen-bond donors (Lipinski definition) is 2. The van der Waals surface area contributed by atoms with Crippen molar-refractivity contribution in [3.05, 3.63) is 68.9 Å². The van der Waals surface area contributed by atoms with E-state index in [9.17, 15) is 19.7 Å². The van der Waals surface area contributed by atoms with Crippen molar-refractivity contribution in [1.29, 1.82) is 0 Å². The fraction of sp³-hybridized carbons (Fsp3) is 0.0588. The average molecular weight is 415 g/mol. The molecule has 2 N–H and O–H groups in total. The molecule has 11 heteroatoms. The van der Waals surface area contributed by atoms with Crippen LogP contribution >= 0.6 is 23.1 Å². The summed E-state index contributed by atoms with van der Waals surface area (Å²) in [7, 11) is 0. The Morgan fingerprint density at radius 2 is 1.89 bits per heavy atom. The molecule has 0 fully saturated rings. The van der Waals surface area contributed by atoms with E-state index >= 15 is 0 Å². The van der Waals surface area contributed by atoms with Gasteiger partial charge in [-0.3, -0.25) is 19.7 Å². The van der Waals surface area contributed by atoms with E-state index in [1.165, 1.54) is 29.5 Å². The largest absolute Gasteiger partial charge is 0.320 e. The van der Waals surface area contributed by atoms with Crippen molar-refractivity contribution in [3.63, 3.8) is 0 Å². The molecule has 0 unspecified atom stereocenters. The first-order chi connectivity index (χ1) is 13.5. The van der Waals surface area contributed by atoms with E-state index in [1.807, 2.05) is 0 Å². The second-order valence-electron chi connectivity index (χ2n) is 5.30. The molecular weight excluding hydrogens is 402 g/mol. The lowest BCUT2D eigenvalue weighted by atomic mass is 10.2. The van der Waals surface area contributed by atoms with E-state index in [1.54, 1.807) is 35.7 Å². The Kier molecular flexibility index (Phi) is 6.29. The van der Waals surface area contributed by atoms with Gasteiger partial charge in [0.25, 0.3) is 11.6 Å². The monoisotopic (exact) mass is 415 g/mol. The fourth-order valence-electron chi connectivity index (χ4n) is 2.11. The molecule has 3 aromatic rings. The lowest BCUT2D eigenvalue weighted by Gasteiger charge is -2.06. The van der Waals surface area contributed by atoms with Gasteiger partial charge in [-0.2, -0.15) is 0 Å². The molecule has 28 heavy (non-hydrogen) atoms. The number of para-hydroxylation sites is 2. The summed E-state index contributed by atoms with van der Waals surface area (Å²) >= 11 is 2.44. The number of thioether (sulfide) groups is 1. The van der Waals surface area contributed by atoms with Crippen molar-refractivity contribution in [2.24, 2.45) is 0 Å². The predicted molar refractivity (Wildman–Crippen MR) is 107 cm³/mol. The van der Waals surface area contributed by atoms with Gasteiger partial charge in [-0.25, -0.2) is 0 Å². The van der Waals surface area contributed by atoms with Crippen LogP contribution in [-0.2, 0) is 4.79 Å². The van der Waals surface area contributed by atoms with Gasteiger partial charge in [0, 0.05) is 6.07 Å². The highest BCUT2D eigenvalue weighted by atomic mass is 32.2. The Hall–Kier alpha value is -3.31. The fourth-order valence-corrected chi connectivity index (χ4v) is 3.35. The van der Waals surface area contributed by atoms with Crippen molar-refractivity contribution in [3.8, 4) is 0 Å². The molecule has 0 saturated carbocycles. The van der Waals surface area contributed by atoms with Crippen LogP contribution in [0.3, 0.4) is 0 Å². The van der Waals surface area contributed by atoms with Crippen molar-refractivity contribution < 1.29 is 14.5 Å². The van der Waals surface area contributed by atoms with Gasteiger partial charge in [0.05, 0.1) is 15.6 Å². The zero-order valence-electron chi connectivity index (χ0n) is 14.2. The van der Waals surface area contributed by atoms with Crippen LogP contribution in [0, 0.1) is 10.1 Å². The number of anilines is 2. The van der Waals surface area contributed by atoms with E-state index in [0.29, 0.717) is 15.7 Å². The van der Waals surface area contributed by atoms with E-state index < -0.39 is 10.8 Å². The third-order valence-corrected chi connectivity index (χ3v) is 5.14. The second kappa shape index (κ2) is 9.06. The molecular formula is C17H13N5O4S2. The molecule has 0 aliphatic heterocycles. The van der Waals surface area contributed by atoms with Gasteiger partial charge >= 0.3 is 0 Å². The summed E-state index contributed by atoms with van der Waals surface area (Å²) in [5, 5.41) is 26.2. The van der Waals surface area contributed by atoms with E-state index in [2.05, 4.69) is 20.8 Å². The molecule has 1 aromatic carbocycles. The molecule has 0 spiro atoms. The van der Waals surface area contributed by atoms with E-state index in [4.69, 9.17) is 0 Å². The summed E-state index contributed by atoms with van der Waals surface area (Å²) in [6.45, 7) is 0. The molecule has 0 aliphatic carbocycles. The number of nitrogens with one attached hydrogen (secondary N) is 2. The Labute approximate surface area is 167 Å². The van der Waals surface area contributed by atoms with Gasteiger partial charge in [0.2, 0.25) is 5.91 Å². The number of hydrogen-bond acceptors (Lipinski definition) is 8. The Bertz CT molecular complexity index is 993. The summed E-state index contributed by atoms with van der Waals surface area (Å²) in [4.78, 5) is 35.0.